The van der Waals surface area contributed by atoms with Crippen molar-refractivity contribution in [1.29, 1.82) is 0 Å². The summed E-state index contributed by atoms with van der Waals surface area (Å²) >= 11 is 0. The summed E-state index contributed by atoms with van der Waals surface area (Å²) in [4.78, 5) is 27.7. The maximum atomic E-state index is 12.8. The first-order valence-electron chi connectivity index (χ1n) is 11.6. The lowest BCUT2D eigenvalue weighted by Crippen LogP contribution is -2.24. The number of nitrogens with one attached hydrogen (secondary N) is 3. The molecule has 0 aromatic heterocycles. The van der Waals surface area contributed by atoms with Crippen LogP contribution in [0.3, 0.4) is 0 Å². The van der Waals surface area contributed by atoms with Crippen LogP contribution in [0.4, 0.5) is 27.5 Å². The van der Waals surface area contributed by atoms with E-state index in [0.29, 0.717) is 29.2 Å². The van der Waals surface area contributed by atoms with Crippen LogP contribution in [0.25, 0.3) is 0 Å². The molecule has 1 aliphatic rings. The van der Waals surface area contributed by atoms with Gasteiger partial charge in [-0.25, -0.2) is 4.79 Å². The second-order valence-corrected chi connectivity index (χ2v) is 8.28. The van der Waals surface area contributed by atoms with E-state index in [-0.39, 0.29) is 11.9 Å². The van der Waals surface area contributed by atoms with Crippen molar-refractivity contribution in [1.82, 2.24) is 0 Å². The molecule has 0 saturated carbocycles. The number of nitrogens with zero attached hydrogens (tertiary/aromatic N) is 1. The van der Waals surface area contributed by atoms with Gasteiger partial charge in [0.05, 0.1) is 18.0 Å². The Bertz CT molecular complexity index is 1140. The van der Waals surface area contributed by atoms with E-state index in [0.717, 1.165) is 42.9 Å². The monoisotopic (exact) mass is 458 g/mol. The second kappa shape index (κ2) is 10.7. The fourth-order valence-corrected chi connectivity index (χ4v) is 3.94. The van der Waals surface area contributed by atoms with Crippen molar-refractivity contribution in [2.75, 3.05) is 40.5 Å². The summed E-state index contributed by atoms with van der Waals surface area (Å²) in [7, 11) is 0. The topological polar surface area (TPSA) is 82.7 Å². The Labute approximate surface area is 200 Å². The number of urea groups is 1. The van der Waals surface area contributed by atoms with Gasteiger partial charge in [0.15, 0.2) is 0 Å². The molecule has 1 fully saturated rings. The number of hydrogen-bond acceptors (Lipinski definition) is 4. The van der Waals surface area contributed by atoms with Gasteiger partial charge < -0.3 is 25.6 Å². The van der Waals surface area contributed by atoms with Gasteiger partial charge in [-0.05, 0) is 81.3 Å². The quantitative estimate of drug-likeness (QED) is 0.412. The number of carbonyl (C=O) groups is 2. The highest BCUT2D eigenvalue weighted by molar-refractivity contribution is 6.06. The third kappa shape index (κ3) is 5.86. The van der Waals surface area contributed by atoms with Crippen LogP contribution in [0.2, 0.25) is 0 Å². The summed E-state index contributed by atoms with van der Waals surface area (Å²) in [5, 5.41) is 8.75. The molecule has 0 spiro atoms. The van der Waals surface area contributed by atoms with Crippen LogP contribution >= 0.6 is 0 Å². The largest absolute Gasteiger partial charge is 0.494 e. The minimum atomic E-state index is -0.355. The van der Waals surface area contributed by atoms with Crippen molar-refractivity contribution in [2.24, 2.45) is 0 Å². The van der Waals surface area contributed by atoms with Crippen molar-refractivity contribution in [2.45, 2.75) is 26.7 Å². The Morgan fingerprint density at radius 3 is 2.21 bits per heavy atom. The van der Waals surface area contributed by atoms with Gasteiger partial charge >= 0.3 is 6.03 Å². The Morgan fingerprint density at radius 1 is 0.853 bits per heavy atom. The lowest BCUT2D eigenvalue weighted by Gasteiger charge is -2.22. The lowest BCUT2D eigenvalue weighted by molar-refractivity contribution is 0.102. The van der Waals surface area contributed by atoms with Crippen molar-refractivity contribution in [3.05, 3.63) is 77.9 Å². The predicted molar refractivity (Wildman–Crippen MR) is 137 cm³/mol. The molecule has 176 valence electrons. The molecule has 7 nitrogen and oxygen atoms in total. The molecule has 34 heavy (non-hydrogen) atoms. The molecule has 1 saturated heterocycles. The zero-order chi connectivity index (χ0) is 23.9. The molecular weight excluding hydrogens is 428 g/mol. The third-order valence-electron chi connectivity index (χ3n) is 5.69. The molecule has 1 aliphatic heterocycles. The van der Waals surface area contributed by atoms with Crippen molar-refractivity contribution in [3.63, 3.8) is 0 Å². The summed E-state index contributed by atoms with van der Waals surface area (Å²) < 4.78 is 5.45. The van der Waals surface area contributed by atoms with Gasteiger partial charge in [0.2, 0.25) is 0 Å². The Morgan fingerprint density at radius 2 is 1.53 bits per heavy atom. The summed E-state index contributed by atoms with van der Waals surface area (Å²) in [6.07, 6.45) is 2.23. The Hall–Kier alpha value is -4.00. The zero-order valence-corrected chi connectivity index (χ0v) is 19.6. The third-order valence-corrected chi connectivity index (χ3v) is 5.69. The predicted octanol–water partition coefficient (Wildman–Crippen LogP) is 5.89. The first-order chi connectivity index (χ1) is 16.5. The minimum absolute atomic E-state index is 0.196. The van der Waals surface area contributed by atoms with E-state index in [1.54, 1.807) is 30.3 Å². The number of amides is 3. The van der Waals surface area contributed by atoms with Gasteiger partial charge in [0.25, 0.3) is 5.91 Å². The van der Waals surface area contributed by atoms with Gasteiger partial charge in [0.1, 0.15) is 5.75 Å². The van der Waals surface area contributed by atoms with Crippen molar-refractivity contribution >= 4 is 34.7 Å². The molecule has 1 heterocycles. The van der Waals surface area contributed by atoms with E-state index in [1.807, 2.05) is 50.2 Å². The average Bonchev–Trinajstić information content (AvgIpc) is 3.36. The molecule has 0 unspecified atom stereocenters. The standard InChI is InChI=1S/C27H30N4O3/c1-3-34-23-13-10-21(11-14-23)29-27(33)30-24-18-22(12-15-25(24)31-16-4-5-17-31)28-26(32)20-8-6-19(2)7-9-20/h6-15,18H,3-5,16-17H2,1-2H3,(H,28,32)(H2,29,30,33). The van der Waals surface area contributed by atoms with E-state index in [9.17, 15) is 9.59 Å². The molecule has 0 aliphatic carbocycles. The van der Waals surface area contributed by atoms with Crippen LogP contribution in [-0.2, 0) is 0 Å². The summed E-state index contributed by atoms with van der Waals surface area (Å²) in [5.74, 6) is 0.556. The molecule has 3 amide bonds. The first-order valence-corrected chi connectivity index (χ1v) is 11.6. The molecule has 7 heteroatoms. The highest BCUT2D eigenvalue weighted by Crippen LogP contribution is 2.32. The number of carbonyl (C=O) groups excluding carboxylic acids is 2. The molecule has 0 radical (unpaired) electrons. The van der Waals surface area contributed by atoms with Gasteiger partial charge in [-0.1, -0.05) is 17.7 Å². The van der Waals surface area contributed by atoms with Crippen molar-refractivity contribution < 1.29 is 14.3 Å². The number of benzene rings is 3. The number of ether oxygens (including phenoxy) is 1. The van der Waals surface area contributed by atoms with E-state index < -0.39 is 0 Å². The molecule has 0 bridgehead atoms. The van der Waals surface area contributed by atoms with Gasteiger partial charge in [0, 0.05) is 30.0 Å². The number of anilines is 4. The fraction of sp³-hybridized carbons (Fsp3) is 0.259. The number of hydrogen-bond donors (Lipinski definition) is 3. The summed E-state index contributed by atoms with van der Waals surface area (Å²) in [5.41, 5.74) is 4.53. The van der Waals surface area contributed by atoms with E-state index in [2.05, 4.69) is 20.9 Å². The Kier molecular flexibility index (Phi) is 7.32. The van der Waals surface area contributed by atoms with Crippen LogP contribution in [0, 0.1) is 6.92 Å². The fourth-order valence-electron chi connectivity index (χ4n) is 3.94. The van der Waals surface area contributed by atoms with Crippen molar-refractivity contribution in [3.8, 4) is 5.75 Å². The smallest absolute Gasteiger partial charge is 0.323 e. The second-order valence-electron chi connectivity index (χ2n) is 8.28. The van der Waals surface area contributed by atoms with Gasteiger partial charge in [-0.2, -0.15) is 0 Å². The van der Waals surface area contributed by atoms with Crippen LogP contribution in [0.15, 0.2) is 66.7 Å². The van der Waals surface area contributed by atoms with Gasteiger partial charge in [-0.3, -0.25) is 4.79 Å². The average molecular weight is 459 g/mol. The van der Waals surface area contributed by atoms with Gasteiger partial charge in [-0.15, -0.1) is 0 Å². The maximum absolute atomic E-state index is 12.8. The first kappa shape index (κ1) is 23.2. The van der Waals surface area contributed by atoms with Crippen LogP contribution in [0.5, 0.6) is 5.75 Å². The van der Waals surface area contributed by atoms with Crippen LogP contribution in [-0.4, -0.2) is 31.6 Å². The minimum Gasteiger partial charge on any atom is -0.494 e. The highest BCUT2D eigenvalue weighted by atomic mass is 16.5. The van der Waals surface area contributed by atoms with Crippen LogP contribution in [0.1, 0.15) is 35.7 Å². The molecule has 4 rings (SSSR count). The summed E-state index contributed by atoms with van der Waals surface area (Å²) in [6, 6.07) is 19.9. The molecule has 3 aromatic carbocycles. The van der Waals surface area contributed by atoms with Crippen LogP contribution < -0.4 is 25.6 Å². The maximum Gasteiger partial charge on any atom is 0.323 e. The summed E-state index contributed by atoms with van der Waals surface area (Å²) in [6.45, 7) is 6.36. The lowest BCUT2D eigenvalue weighted by atomic mass is 10.1. The van der Waals surface area contributed by atoms with E-state index in [1.165, 1.54) is 0 Å². The SMILES string of the molecule is CCOc1ccc(NC(=O)Nc2cc(NC(=O)c3ccc(C)cc3)ccc2N2CCCC2)cc1. The number of rotatable bonds is 7. The molecule has 3 aromatic rings. The molecular formula is C27H30N4O3. The normalized spacial score (nSPS) is 12.8. The van der Waals surface area contributed by atoms with E-state index in [4.69, 9.17) is 4.74 Å². The zero-order valence-electron chi connectivity index (χ0n) is 19.6. The number of aryl methyl sites for hydroxylation is 1. The Balaban J connectivity index is 1.50. The highest BCUT2D eigenvalue weighted by Gasteiger charge is 2.18. The molecule has 0 atom stereocenters. The molecule has 3 N–H and O–H groups in total. The van der Waals surface area contributed by atoms with E-state index >= 15 is 0 Å².